The number of nitro groups is 1. The normalized spacial score (nSPS) is 10.8. The third-order valence-corrected chi connectivity index (χ3v) is 4.22. The lowest BCUT2D eigenvalue weighted by atomic mass is 10.1. The Morgan fingerprint density at radius 2 is 2.07 bits per heavy atom. The van der Waals surface area contributed by atoms with Gasteiger partial charge < -0.3 is 9.84 Å². The van der Waals surface area contributed by atoms with Crippen LogP contribution in [0.2, 0.25) is 0 Å². The van der Waals surface area contributed by atoms with Gasteiger partial charge in [-0.05, 0) is 32.4 Å². The van der Waals surface area contributed by atoms with E-state index in [-0.39, 0.29) is 34.7 Å². The molecular weight excluding hydrogens is 378 g/mol. The molecule has 0 spiro atoms. The fourth-order valence-electron chi connectivity index (χ4n) is 2.68. The minimum Gasteiger partial charge on any atom is -0.494 e. The molecule has 1 aromatic heterocycles. The zero-order valence-electron chi connectivity index (χ0n) is 16.4. The number of aromatic nitrogens is 1. The van der Waals surface area contributed by atoms with E-state index in [0.717, 1.165) is 11.0 Å². The Bertz CT molecular complexity index is 1050. The molecule has 0 bridgehead atoms. The van der Waals surface area contributed by atoms with E-state index in [1.54, 1.807) is 6.92 Å². The number of hydrogen-bond acceptors (Lipinski definition) is 8. The molecule has 0 atom stereocenters. The van der Waals surface area contributed by atoms with Crippen LogP contribution in [0.25, 0.3) is 0 Å². The van der Waals surface area contributed by atoms with Crippen LogP contribution in [0.1, 0.15) is 37.8 Å². The Balaban J connectivity index is 2.59. The topological polar surface area (TPSA) is 143 Å². The van der Waals surface area contributed by atoms with Gasteiger partial charge in [-0.25, -0.2) is 0 Å². The van der Waals surface area contributed by atoms with Crippen molar-refractivity contribution < 1.29 is 14.8 Å². The van der Waals surface area contributed by atoms with Crippen LogP contribution in [0.15, 0.2) is 33.2 Å². The van der Waals surface area contributed by atoms with Crippen LogP contribution >= 0.6 is 0 Å². The molecule has 1 N–H and O–H groups in total. The minimum absolute atomic E-state index is 0.0658. The average molecular weight is 399 g/mol. The Morgan fingerprint density at radius 1 is 1.34 bits per heavy atom. The summed E-state index contributed by atoms with van der Waals surface area (Å²) in [6, 6.07) is 5.96. The molecule has 0 saturated carbocycles. The van der Waals surface area contributed by atoms with Gasteiger partial charge in [0.25, 0.3) is 11.2 Å². The first kappa shape index (κ1) is 21.6. The molecule has 0 aliphatic rings. The summed E-state index contributed by atoms with van der Waals surface area (Å²) < 4.78 is 6.32. The van der Waals surface area contributed by atoms with Gasteiger partial charge in [-0.2, -0.15) is 5.26 Å². The van der Waals surface area contributed by atoms with Crippen molar-refractivity contribution in [2.24, 2.45) is 10.2 Å². The van der Waals surface area contributed by atoms with Crippen molar-refractivity contribution >= 4 is 17.1 Å². The van der Waals surface area contributed by atoms with Gasteiger partial charge >= 0.3 is 0 Å². The molecule has 10 nitrogen and oxygen atoms in total. The van der Waals surface area contributed by atoms with E-state index in [4.69, 9.17) is 4.74 Å². The molecule has 2 rings (SSSR count). The second-order valence-corrected chi connectivity index (χ2v) is 6.14. The minimum atomic E-state index is -0.624. The van der Waals surface area contributed by atoms with E-state index < -0.39 is 16.4 Å². The number of azo groups is 1. The van der Waals surface area contributed by atoms with E-state index in [0.29, 0.717) is 18.8 Å². The lowest BCUT2D eigenvalue weighted by Crippen LogP contribution is -2.22. The second-order valence-electron chi connectivity index (χ2n) is 6.14. The summed E-state index contributed by atoms with van der Waals surface area (Å²) in [5.41, 5.74) is -1.11. The number of benzene rings is 1. The Labute approximate surface area is 166 Å². The van der Waals surface area contributed by atoms with Crippen LogP contribution in [0.5, 0.6) is 11.6 Å². The van der Waals surface area contributed by atoms with Crippen LogP contribution in [0, 0.1) is 28.4 Å². The van der Waals surface area contributed by atoms with Gasteiger partial charge in [0.1, 0.15) is 17.4 Å². The summed E-state index contributed by atoms with van der Waals surface area (Å²) in [6.07, 6.45) is 1.39. The van der Waals surface area contributed by atoms with Crippen LogP contribution < -0.4 is 10.3 Å². The highest BCUT2D eigenvalue weighted by atomic mass is 16.6. The third-order valence-electron chi connectivity index (χ3n) is 4.22. The smallest absolute Gasteiger partial charge is 0.300 e. The number of rotatable bonds is 8. The molecule has 0 saturated heterocycles. The van der Waals surface area contributed by atoms with Crippen molar-refractivity contribution in [3.8, 4) is 17.7 Å². The summed E-state index contributed by atoms with van der Waals surface area (Å²) >= 11 is 0. The fourth-order valence-corrected chi connectivity index (χ4v) is 2.68. The Kier molecular flexibility index (Phi) is 7.03. The molecule has 1 heterocycles. The predicted octanol–water partition coefficient (Wildman–Crippen LogP) is 4.26. The maximum atomic E-state index is 12.7. The summed E-state index contributed by atoms with van der Waals surface area (Å²) in [5, 5.41) is 38.7. The highest BCUT2D eigenvalue weighted by molar-refractivity contribution is 5.61. The first-order valence-corrected chi connectivity index (χ1v) is 9.05. The lowest BCUT2D eigenvalue weighted by molar-refractivity contribution is -0.384. The van der Waals surface area contributed by atoms with Crippen LogP contribution in [0.3, 0.4) is 0 Å². The highest BCUT2D eigenvalue weighted by Crippen LogP contribution is 2.33. The van der Waals surface area contributed by atoms with Crippen molar-refractivity contribution in [1.29, 1.82) is 5.26 Å². The standard InChI is InChI=1S/C19H21N5O5/c1-4-6-9-23-18(25)14(11-20)12(3)17(19(23)26)22-21-15-8-7-13(29-5-2)10-16(15)24(27)28/h7-8,10,25H,4-6,9H2,1-3H3. The number of nitro benzene ring substituents is 1. The summed E-state index contributed by atoms with van der Waals surface area (Å²) in [7, 11) is 0. The van der Waals surface area contributed by atoms with Crippen molar-refractivity contribution in [1.82, 2.24) is 4.57 Å². The summed E-state index contributed by atoms with van der Waals surface area (Å²) in [5.74, 6) is -0.109. The number of hydrogen-bond donors (Lipinski definition) is 1. The van der Waals surface area contributed by atoms with Crippen molar-refractivity contribution in [3.63, 3.8) is 0 Å². The van der Waals surface area contributed by atoms with Crippen molar-refractivity contribution in [2.45, 2.75) is 40.2 Å². The molecule has 2 aromatic rings. The molecule has 0 radical (unpaired) electrons. The van der Waals surface area contributed by atoms with Crippen molar-refractivity contribution in [3.05, 3.63) is 49.8 Å². The monoisotopic (exact) mass is 399 g/mol. The van der Waals surface area contributed by atoms with Crippen LogP contribution in [-0.4, -0.2) is 21.2 Å². The van der Waals surface area contributed by atoms with Gasteiger partial charge in [0, 0.05) is 12.1 Å². The first-order valence-electron chi connectivity index (χ1n) is 9.05. The van der Waals surface area contributed by atoms with E-state index >= 15 is 0 Å². The third kappa shape index (κ3) is 4.57. The first-order chi connectivity index (χ1) is 13.8. The molecule has 0 amide bonds. The molecular formula is C19H21N5O5. The second kappa shape index (κ2) is 9.45. The molecule has 0 aliphatic heterocycles. The van der Waals surface area contributed by atoms with Crippen LogP contribution in [-0.2, 0) is 6.54 Å². The highest BCUT2D eigenvalue weighted by Gasteiger charge is 2.20. The summed E-state index contributed by atoms with van der Waals surface area (Å²) in [6.45, 7) is 5.70. The maximum absolute atomic E-state index is 12.7. The van der Waals surface area contributed by atoms with Gasteiger partial charge in [0.15, 0.2) is 11.4 Å². The van der Waals surface area contributed by atoms with Gasteiger partial charge in [0.05, 0.1) is 17.6 Å². The zero-order chi connectivity index (χ0) is 21.6. The molecule has 10 heteroatoms. The number of aromatic hydroxyl groups is 1. The summed E-state index contributed by atoms with van der Waals surface area (Å²) in [4.78, 5) is 23.5. The molecule has 0 unspecified atom stereocenters. The maximum Gasteiger partial charge on any atom is 0.300 e. The van der Waals surface area contributed by atoms with Gasteiger partial charge in [0.2, 0.25) is 5.88 Å². The number of nitrogens with zero attached hydrogens (tertiary/aromatic N) is 5. The van der Waals surface area contributed by atoms with Gasteiger partial charge in [-0.3, -0.25) is 19.5 Å². The molecule has 152 valence electrons. The lowest BCUT2D eigenvalue weighted by Gasteiger charge is -2.12. The number of unbranched alkanes of at least 4 members (excludes halogenated alkanes) is 1. The number of pyridine rings is 1. The van der Waals surface area contributed by atoms with Gasteiger partial charge in [-0.1, -0.05) is 13.3 Å². The molecule has 29 heavy (non-hydrogen) atoms. The quantitative estimate of drug-likeness (QED) is 0.399. The van der Waals surface area contributed by atoms with Gasteiger partial charge in [-0.15, -0.1) is 10.2 Å². The molecule has 0 fully saturated rings. The predicted molar refractivity (Wildman–Crippen MR) is 105 cm³/mol. The van der Waals surface area contributed by atoms with E-state index in [9.17, 15) is 25.3 Å². The van der Waals surface area contributed by atoms with E-state index in [1.165, 1.54) is 25.1 Å². The van der Waals surface area contributed by atoms with Crippen molar-refractivity contribution in [2.75, 3.05) is 6.61 Å². The molecule has 0 aliphatic carbocycles. The molecule has 1 aromatic carbocycles. The van der Waals surface area contributed by atoms with Crippen LogP contribution in [0.4, 0.5) is 17.1 Å². The largest absolute Gasteiger partial charge is 0.494 e. The Hall–Kier alpha value is -3.74. The Morgan fingerprint density at radius 3 is 2.66 bits per heavy atom. The van der Waals surface area contributed by atoms with E-state index in [2.05, 4.69) is 10.2 Å². The fraction of sp³-hybridized carbons (Fsp3) is 0.368. The number of nitriles is 1. The van der Waals surface area contributed by atoms with E-state index in [1.807, 2.05) is 13.0 Å². The number of ether oxygens (including phenoxy) is 1. The average Bonchev–Trinajstić information content (AvgIpc) is 2.69. The SMILES string of the molecule is CCCCn1c(O)c(C#N)c(C)c(N=Nc2ccc(OCC)cc2[N+](=O)[O-])c1=O. The zero-order valence-corrected chi connectivity index (χ0v) is 16.4.